The highest BCUT2D eigenvalue weighted by Gasteiger charge is 2.26. The summed E-state index contributed by atoms with van der Waals surface area (Å²) in [4.78, 5) is 23.2. The Labute approximate surface area is 111 Å². The lowest BCUT2D eigenvalue weighted by molar-refractivity contribution is -0.130. The van der Waals surface area contributed by atoms with Crippen molar-refractivity contribution in [1.82, 2.24) is 10.6 Å². The van der Waals surface area contributed by atoms with E-state index in [4.69, 9.17) is 5.73 Å². The second-order valence-electron chi connectivity index (χ2n) is 4.61. The highest BCUT2D eigenvalue weighted by atomic mass is 16.2. The van der Waals surface area contributed by atoms with Crippen LogP contribution in [0.5, 0.6) is 0 Å². The first-order valence-electron chi connectivity index (χ1n) is 6.58. The number of nitrogens with two attached hydrogens (primary N) is 1. The molecule has 0 aliphatic carbocycles. The first-order chi connectivity index (χ1) is 8.31. The first kappa shape index (κ1) is 19.2. The lowest BCUT2D eigenvalue weighted by Gasteiger charge is -2.23. The molecule has 0 aliphatic rings. The number of hydrogen-bond donors (Lipinski definition) is 3. The van der Waals surface area contributed by atoms with Gasteiger partial charge in [-0.2, -0.15) is 0 Å². The highest BCUT2D eigenvalue weighted by molar-refractivity contribution is 5.89. The van der Waals surface area contributed by atoms with E-state index >= 15 is 0 Å². The van der Waals surface area contributed by atoms with Gasteiger partial charge in [-0.05, 0) is 11.8 Å². The number of nitrogens with one attached hydrogen (secondary N) is 2. The summed E-state index contributed by atoms with van der Waals surface area (Å²) in [6.45, 7) is 11.5. The molecule has 2 amide bonds. The quantitative estimate of drug-likeness (QED) is 0.685. The van der Waals surface area contributed by atoms with Gasteiger partial charge in [-0.3, -0.25) is 9.59 Å². The minimum Gasteiger partial charge on any atom is -0.357 e. The fourth-order valence-corrected chi connectivity index (χ4v) is 1.24. The van der Waals surface area contributed by atoms with Gasteiger partial charge in [-0.25, -0.2) is 0 Å². The molecule has 0 unspecified atom stereocenters. The fraction of sp³-hybridized carbons (Fsp3) is 0.846. The van der Waals surface area contributed by atoms with Gasteiger partial charge in [0.2, 0.25) is 11.8 Å². The molecule has 0 aliphatic heterocycles. The van der Waals surface area contributed by atoms with Crippen LogP contribution in [0.25, 0.3) is 0 Å². The minimum atomic E-state index is -0.578. The number of carbonyl (C=O) groups is 2. The summed E-state index contributed by atoms with van der Waals surface area (Å²) in [6, 6.07) is -1.10. The van der Waals surface area contributed by atoms with Crippen molar-refractivity contribution in [3.63, 3.8) is 0 Å². The third-order valence-corrected chi connectivity index (χ3v) is 2.51. The summed E-state index contributed by atoms with van der Waals surface area (Å²) in [7, 11) is 1.55. The van der Waals surface area contributed by atoms with Crippen LogP contribution >= 0.6 is 0 Å². The van der Waals surface area contributed by atoms with Crippen LogP contribution in [0.2, 0.25) is 0 Å². The van der Waals surface area contributed by atoms with Crippen LogP contribution in [0.4, 0.5) is 0 Å². The van der Waals surface area contributed by atoms with Crippen molar-refractivity contribution in [2.24, 2.45) is 17.6 Å². The molecule has 0 radical (unpaired) electrons. The van der Waals surface area contributed by atoms with Gasteiger partial charge >= 0.3 is 0 Å². The van der Waals surface area contributed by atoms with Crippen LogP contribution in [0.1, 0.15) is 41.5 Å². The van der Waals surface area contributed by atoms with E-state index < -0.39 is 12.1 Å². The summed E-state index contributed by atoms with van der Waals surface area (Å²) >= 11 is 0. The van der Waals surface area contributed by atoms with Crippen molar-refractivity contribution < 1.29 is 9.59 Å². The van der Waals surface area contributed by atoms with Crippen molar-refractivity contribution in [2.75, 3.05) is 7.05 Å². The molecule has 0 spiro atoms. The molecular formula is C13H29N3O2. The molecule has 4 N–H and O–H groups in total. The second kappa shape index (κ2) is 9.88. The predicted molar refractivity (Wildman–Crippen MR) is 75.0 cm³/mol. The molecule has 0 aromatic rings. The number of amides is 2. The number of hydrogen-bond acceptors (Lipinski definition) is 3. The van der Waals surface area contributed by atoms with Gasteiger partial charge in [0.05, 0.1) is 6.04 Å². The number of carbonyl (C=O) groups excluding carboxylic acids is 2. The molecule has 2 atom stereocenters. The average Bonchev–Trinajstić information content (AvgIpc) is 2.35. The van der Waals surface area contributed by atoms with E-state index in [1.807, 2.05) is 41.5 Å². The SMILES string of the molecule is CC.CNC(=O)[C@@H](NC(=O)[C@@H](N)C(C)C)C(C)C. The molecule has 108 valence electrons. The van der Waals surface area contributed by atoms with Gasteiger partial charge in [0.1, 0.15) is 6.04 Å². The van der Waals surface area contributed by atoms with Crippen LogP contribution < -0.4 is 16.4 Å². The second-order valence-corrected chi connectivity index (χ2v) is 4.61. The molecule has 0 aromatic heterocycles. The summed E-state index contributed by atoms with van der Waals surface area (Å²) in [5.41, 5.74) is 5.71. The Bertz CT molecular complexity index is 253. The third-order valence-electron chi connectivity index (χ3n) is 2.51. The maximum atomic E-state index is 11.7. The maximum Gasteiger partial charge on any atom is 0.242 e. The molecule has 5 heteroatoms. The van der Waals surface area contributed by atoms with Gasteiger partial charge in [0, 0.05) is 7.05 Å². The Kier molecular flexibility index (Phi) is 10.6. The maximum absolute atomic E-state index is 11.7. The predicted octanol–water partition coefficient (Wildman–Crippen LogP) is 0.883. The lowest BCUT2D eigenvalue weighted by atomic mass is 10.0. The van der Waals surface area contributed by atoms with Crippen molar-refractivity contribution >= 4 is 11.8 Å². The Morgan fingerprint density at radius 1 is 0.944 bits per heavy atom. The Morgan fingerprint density at radius 2 is 1.39 bits per heavy atom. The number of rotatable bonds is 5. The van der Waals surface area contributed by atoms with Crippen LogP contribution in [0, 0.1) is 11.8 Å². The molecule has 5 nitrogen and oxygen atoms in total. The summed E-state index contributed by atoms with van der Waals surface area (Å²) in [6.07, 6.45) is 0. The van der Waals surface area contributed by atoms with Crippen LogP contribution in [-0.4, -0.2) is 30.9 Å². The Hall–Kier alpha value is -1.10. The molecular weight excluding hydrogens is 230 g/mol. The van der Waals surface area contributed by atoms with Gasteiger partial charge in [0.15, 0.2) is 0 Å². The average molecular weight is 259 g/mol. The van der Waals surface area contributed by atoms with E-state index in [1.54, 1.807) is 7.05 Å². The summed E-state index contributed by atoms with van der Waals surface area (Å²) in [5, 5.41) is 5.20. The largest absolute Gasteiger partial charge is 0.357 e. The standard InChI is InChI=1S/C11H23N3O2.C2H6/c1-6(2)8(12)10(15)14-9(7(3)4)11(16)13-5;1-2/h6-9H,12H2,1-5H3,(H,13,16)(H,14,15);1-2H3/t8-,9-;/m0./s1. The Morgan fingerprint density at radius 3 is 1.67 bits per heavy atom. The fourth-order valence-electron chi connectivity index (χ4n) is 1.24. The molecule has 0 rings (SSSR count). The van der Waals surface area contributed by atoms with E-state index in [9.17, 15) is 9.59 Å². The van der Waals surface area contributed by atoms with Crippen molar-refractivity contribution in [1.29, 1.82) is 0 Å². The van der Waals surface area contributed by atoms with Crippen molar-refractivity contribution in [3.8, 4) is 0 Å². The van der Waals surface area contributed by atoms with E-state index in [0.717, 1.165) is 0 Å². The molecule has 0 saturated heterocycles. The van der Waals surface area contributed by atoms with Gasteiger partial charge < -0.3 is 16.4 Å². The Balaban J connectivity index is 0. The first-order valence-corrected chi connectivity index (χ1v) is 6.58. The minimum absolute atomic E-state index is 0.0308. The van der Waals surface area contributed by atoms with E-state index in [-0.39, 0.29) is 23.7 Å². The molecule has 0 bridgehead atoms. The van der Waals surface area contributed by atoms with Crippen LogP contribution in [0.3, 0.4) is 0 Å². The third kappa shape index (κ3) is 6.59. The van der Waals surface area contributed by atoms with Crippen LogP contribution in [0.15, 0.2) is 0 Å². The molecule has 0 heterocycles. The zero-order valence-corrected chi connectivity index (χ0v) is 12.7. The lowest BCUT2D eigenvalue weighted by Crippen LogP contribution is -2.54. The highest BCUT2D eigenvalue weighted by Crippen LogP contribution is 2.04. The molecule has 0 fully saturated rings. The van der Waals surface area contributed by atoms with Gasteiger partial charge in [0.25, 0.3) is 0 Å². The van der Waals surface area contributed by atoms with Gasteiger partial charge in [-0.1, -0.05) is 41.5 Å². The van der Waals surface area contributed by atoms with E-state index in [2.05, 4.69) is 10.6 Å². The smallest absolute Gasteiger partial charge is 0.242 e. The molecule has 0 saturated carbocycles. The molecule has 18 heavy (non-hydrogen) atoms. The van der Waals surface area contributed by atoms with E-state index in [1.165, 1.54) is 0 Å². The monoisotopic (exact) mass is 259 g/mol. The van der Waals surface area contributed by atoms with Crippen molar-refractivity contribution in [2.45, 2.75) is 53.6 Å². The zero-order chi connectivity index (χ0) is 14.9. The van der Waals surface area contributed by atoms with Gasteiger partial charge in [-0.15, -0.1) is 0 Å². The van der Waals surface area contributed by atoms with E-state index in [0.29, 0.717) is 0 Å². The normalized spacial score (nSPS) is 13.4. The molecule has 0 aromatic carbocycles. The zero-order valence-electron chi connectivity index (χ0n) is 12.7. The summed E-state index contributed by atoms with van der Waals surface area (Å²) in [5.74, 6) is -0.391. The topological polar surface area (TPSA) is 84.2 Å². The van der Waals surface area contributed by atoms with Crippen molar-refractivity contribution in [3.05, 3.63) is 0 Å². The van der Waals surface area contributed by atoms with Crippen LogP contribution in [-0.2, 0) is 9.59 Å². The summed E-state index contributed by atoms with van der Waals surface area (Å²) < 4.78 is 0. The number of likely N-dealkylation sites (N-methyl/N-ethyl adjacent to an activating group) is 1.